The van der Waals surface area contributed by atoms with Crippen LogP contribution in [0.15, 0.2) is 24.3 Å². The third kappa shape index (κ3) is 40.5. The normalized spacial score (nSPS) is 13.9. The predicted molar refractivity (Wildman–Crippen MR) is 231 cm³/mol. The first-order chi connectivity index (χ1) is 27.6. The molecular formula is C45H84NO10P. The third-order valence-electron chi connectivity index (χ3n) is 9.92. The molecule has 0 radical (unpaired) electrons. The molecule has 0 aromatic rings. The van der Waals surface area contributed by atoms with Crippen LogP contribution < -0.4 is 5.73 Å². The van der Waals surface area contributed by atoms with Gasteiger partial charge >= 0.3 is 25.7 Å². The number of carboxylic acids is 1. The number of hydrogen-bond donors (Lipinski definition) is 3. The van der Waals surface area contributed by atoms with Crippen LogP contribution in [0.3, 0.4) is 0 Å². The first-order valence-corrected chi connectivity index (χ1v) is 24.4. The molecule has 11 nitrogen and oxygen atoms in total. The highest BCUT2D eigenvalue weighted by atomic mass is 31.2. The highest BCUT2D eigenvalue weighted by Crippen LogP contribution is 2.43. The van der Waals surface area contributed by atoms with Gasteiger partial charge in [-0.25, -0.2) is 4.57 Å². The van der Waals surface area contributed by atoms with Crippen LogP contribution in [-0.4, -0.2) is 59.9 Å². The van der Waals surface area contributed by atoms with Gasteiger partial charge in [-0.15, -0.1) is 0 Å². The van der Waals surface area contributed by atoms with Crippen LogP contribution in [0, 0.1) is 0 Å². The van der Waals surface area contributed by atoms with Crippen molar-refractivity contribution < 1.29 is 47.5 Å². The fourth-order valence-corrected chi connectivity index (χ4v) is 7.07. The zero-order chi connectivity index (χ0) is 42.1. The lowest BCUT2D eigenvalue weighted by molar-refractivity contribution is -0.161. The van der Waals surface area contributed by atoms with Crippen LogP contribution in [-0.2, 0) is 37.5 Å². The lowest BCUT2D eigenvalue weighted by Gasteiger charge is -2.20. The fraction of sp³-hybridized carbons (Fsp3) is 0.844. The number of ether oxygens (including phenoxy) is 2. The van der Waals surface area contributed by atoms with E-state index in [9.17, 15) is 23.8 Å². The van der Waals surface area contributed by atoms with E-state index in [1.54, 1.807) is 0 Å². The van der Waals surface area contributed by atoms with Crippen molar-refractivity contribution in [1.29, 1.82) is 0 Å². The van der Waals surface area contributed by atoms with E-state index in [0.717, 1.165) is 57.8 Å². The van der Waals surface area contributed by atoms with Crippen LogP contribution in [0.4, 0.5) is 0 Å². The topological polar surface area (TPSA) is 172 Å². The molecule has 0 aliphatic carbocycles. The van der Waals surface area contributed by atoms with Gasteiger partial charge in [0.25, 0.3) is 0 Å². The molecule has 4 N–H and O–H groups in total. The lowest BCUT2D eigenvalue weighted by Crippen LogP contribution is -2.34. The molecule has 0 bridgehead atoms. The maximum atomic E-state index is 12.6. The number of hydrogen-bond acceptors (Lipinski definition) is 9. The Morgan fingerprint density at radius 2 is 0.877 bits per heavy atom. The van der Waals surface area contributed by atoms with Gasteiger partial charge < -0.3 is 25.2 Å². The zero-order valence-corrected chi connectivity index (χ0v) is 37.1. The fourth-order valence-electron chi connectivity index (χ4n) is 6.29. The Labute approximate surface area is 347 Å². The number of phosphoric ester groups is 1. The SMILES string of the molecule is CCCCCCC/C=C/CCCCCCCC(=O)O[C@@H](COC(=O)CCCCCCCCCCC/C=C/CCCCCCCC)COP(=O)(O)OC[C@@H](N)C(=O)O. The van der Waals surface area contributed by atoms with Crippen LogP contribution in [0.2, 0.25) is 0 Å². The van der Waals surface area contributed by atoms with Crippen molar-refractivity contribution in [1.82, 2.24) is 0 Å². The lowest BCUT2D eigenvalue weighted by atomic mass is 10.1. The van der Waals surface area contributed by atoms with Crippen molar-refractivity contribution in [3.63, 3.8) is 0 Å². The number of esters is 2. The van der Waals surface area contributed by atoms with E-state index >= 15 is 0 Å². The number of aliphatic carboxylic acids is 1. The molecular weight excluding hydrogens is 745 g/mol. The van der Waals surface area contributed by atoms with Crippen molar-refractivity contribution in [2.45, 2.75) is 225 Å². The molecule has 0 aromatic heterocycles. The Morgan fingerprint density at radius 3 is 1.28 bits per heavy atom. The summed E-state index contributed by atoms with van der Waals surface area (Å²) >= 11 is 0. The molecule has 0 saturated carbocycles. The van der Waals surface area contributed by atoms with Gasteiger partial charge in [-0.2, -0.15) is 0 Å². The minimum atomic E-state index is -4.72. The second kappa shape index (κ2) is 40.7. The van der Waals surface area contributed by atoms with E-state index in [0.29, 0.717) is 12.8 Å². The highest BCUT2D eigenvalue weighted by molar-refractivity contribution is 7.47. The number of unbranched alkanes of at least 4 members (excludes halogenated alkanes) is 25. The molecule has 0 rings (SSSR count). The second-order valence-corrected chi connectivity index (χ2v) is 17.0. The average molecular weight is 830 g/mol. The zero-order valence-electron chi connectivity index (χ0n) is 36.2. The minimum absolute atomic E-state index is 0.153. The Balaban J connectivity index is 4.30. The highest BCUT2D eigenvalue weighted by Gasteiger charge is 2.28. The second-order valence-electron chi connectivity index (χ2n) is 15.5. The largest absolute Gasteiger partial charge is 0.480 e. The quantitative estimate of drug-likeness (QED) is 0.0231. The number of rotatable bonds is 43. The number of carbonyl (C=O) groups is 3. The number of allylic oxidation sites excluding steroid dienone is 4. The van der Waals surface area contributed by atoms with Gasteiger partial charge in [0, 0.05) is 12.8 Å². The van der Waals surface area contributed by atoms with Crippen LogP contribution >= 0.6 is 7.82 Å². The maximum absolute atomic E-state index is 12.6. The number of phosphoric acid groups is 1. The number of nitrogens with two attached hydrogens (primary N) is 1. The smallest absolute Gasteiger partial charge is 0.472 e. The molecule has 334 valence electrons. The molecule has 0 spiro atoms. The summed E-state index contributed by atoms with van der Waals surface area (Å²) in [7, 11) is -4.72. The monoisotopic (exact) mass is 830 g/mol. The number of carboxylic acid groups (broad SMARTS) is 1. The molecule has 12 heteroatoms. The van der Waals surface area contributed by atoms with E-state index in [1.165, 1.54) is 116 Å². The van der Waals surface area contributed by atoms with Gasteiger partial charge in [-0.05, 0) is 64.2 Å². The van der Waals surface area contributed by atoms with Crippen LogP contribution in [0.5, 0.6) is 0 Å². The summed E-state index contributed by atoms with van der Waals surface area (Å²) in [6, 6.07) is -1.52. The van der Waals surface area contributed by atoms with Crippen LogP contribution in [0.25, 0.3) is 0 Å². The molecule has 0 heterocycles. The molecule has 0 aromatic carbocycles. The van der Waals surface area contributed by atoms with E-state index in [2.05, 4.69) is 42.7 Å². The Hall–Kier alpha value is -2.04. The van der Waals surface area contributed by atoms with Gasteiger partial charge in [0.1, 0.15) is 12.6 Å². The Morgan fingerprint density at radius 1 is 0.526 bits per heavy atom. The Bertz CT molecular complexity index is 1070. The molecule has 3 atom stereocenters. The van der Waals surface area contributed by atoms with Gasteiger partial charge in [-0.3, -0.25) is 23.4 Å². The molecule has 1 unspecified atom stereocenters. The van der Waals surface area contributed by atoms with E-state index in [-0.39, 0.29) is 19.4 Å². The first kappa shape index (κ1) is 55.0. The summed E-state index contributed by atoms with van der Waals surface area (Å²) in [6.07, 6.45) is 42.4. The standard InChI is InChI=1S/C45H84NO10P/c1-3-5-7-9-11-13-15-17-19-20-21-22-23-25-26-28-30-32-34-36-43(47)53-38-41(39-54-57(51,52)55-40-42(46)45(49)50)56-44(48)37-35-33-31-29-27-24-18-16-14-12-10-8-6-4-2/h16-19,41-42H,3-15,20-40,46H2,1-2H3,(H,49,50)(H,51,52)/b18-16+,19-17+/t41-,42+/m0/s1. The molecule has 0 saturated heterocycles. The summed E-state index contributed by atoms with van der Waals surface area (Å²) < 4.78 is 32.7. The molecule has 0 fully saturated rings. The summed E-state index contributed by atoms with van der Waals surface area (Å²) in [4.78, 5) is 46.0. The van der Waals surface area contributed by atoms with Gasteiger partial charge in [0.2, 0.25) is 0 Å². The Kier molecular flexibility index (Phi) is 39.3. The van der Waals surface area contributed by atoms with Crippen molar-refractivity contribution in [2.24, 2.45) is 5.73 Å². The molecule has 0 amide bonds. The average Bonchev–Trinajstić information content (AvgIpc) is 3.19. The molecule has 57 heavy (non-hydrogen) atoms. The molecule has 0 aliphatic heterocycles. The van der Waals surface area contributed by atoms with Gasteiger partial charge in [0.05, 0.1) is 13.2 Å². The van der Waals surface area contributed by atoms with Crippen molar-refractivity contribution >= 4 is 25.7 Å². The predicted octanol–water partition coefficient (Wildman–Crippen LogP) is 12.2. The third-order valence-corrected chi connectivity index (χ3v) is 10.9. The summed E-state index contributed by atoms with van der Waals surface area (Å²) in [5.41, 5.74) is 5.33. The van der Waals surface area contributed by atoms with Crippen molar-refractivity contribution in [3.8, 4) is 0 Å². The van der Waals surface area contributed by atoms with E-state index < -0.39 is 51.1 Å². The number of carbonyl (C=O) groups excluding carboxylic acids is 2. The summed E-state index contributed by atoms with van der Waals surface area (Å²) in [5, 5.41) is 8.89. The van der Waals surface area contributed by atoms with E-state index in [4.69, 9.17) is 24.8 Å². The summed E-state index contributed by atoms with van der Waals surface area (Å²) in [6.45, 7) is 2.79. The van der Waals surface area contributed by atoms with Gasteiger partial charge in [-0.1, -0.05) is 160 Å². The maximum Gasteiger partial charge on any atom is 0.472 e. The van der Waals surface area contributed by atoms with Crippen LogP contribution in [0.1, 0.15) is 213 Å². The minimum Gasteiger partial charge on any atom is -0.480 e. The van der Waals surface area contributed by atoms with Gasteiger partial charge in [0.15, 0.2) is 6.10 Å². The molecule has 0 aliphatic rings. The summed E-state index contributed by atoms with van der Waals surface area (Å²) in [5.74, 6) is -2.38. The van der Waals surface area contributed by atoms with Crippen molar-refractivity contribution in [2.75, 3.05) is 19.8 Å². The van der Waals surface area contributed by atoms with E-state index in [1.807, 2.05) is 0 Å². The first-order valence-electron chi connectivity index (χ1n) is 22.9. The van der Waals surface area contributed by atoms with Crippen molar-refractivity contribution in [3.05, 3.63) is 24.3 Å².